The molecular weight excluding hydrogens is 262 g/mol. The first kappa shape index (κ1) is 13.6. The maximum atomic E-state index is 12.2. The minimum Gasteiger partial charge on any atom is -0.370 e. The molecule has 0 fully saturated rings. The van der Waals surface area contributed by atoms with Crippen molar-refractivity contribution >= 4 is 11.7 Å². The van der Waals surface area contributed by atoms with Crippen molar-refractivity contribution in [3.63, 3.8) is 0 Å². The molecule has 0 saturated heterocycles. The van der Waals surface area contributed by atoms with E-state index in [1.165, 1.54) is 11.1 Å². The predicted octanol–water partition coefficient (Wildman–Crippen LogP) is 2.41. The zero-order valence-electron chi connectivity index (χ0n) is 12.1. The van der Waals surface area contributed by atoms with E-state index in [1.807, 2.05) is 31.2 Å². The van der Waals surface area contributed by atoms with Crippen molar-refractivity contribution in [2.75, 3.05) is 11.9 Å². The molecule has 1 aromatic heterocycles. The zero-order valence-corrected chi connectivity index (χ0v) is 12.1. The summed E-state index contributed by atoms with van der Waals surface area (Å²) in [5, 5.41) is 6.21. The summed E-state index contributed by atoms with van der Waals surface area (Å²) in [6.45, 7) is 2.83. The lowest BCUT2D eigenvalue weighted by atomic mass is 10.1. The van der Waals surface area contributed by atoms with E-state index in [1.54, 1.807) is 6.20 Å². The number of hydrogen-bond acceptors (Lipinski definition) is 3. The van der Waals surface area contributed by atoms with Crippen molar-refractivity contribution in [2.45, 2.75) is 25.8 Å². The number of hydrogen-bond donors (Lipinski definition) is 2. The lowest BCUT2D eigenvalue weighted by molar-refractivity contribution is 0.0938. The number of benzene rings is 1. The Hall–Kier alpha value is -2.36. The van der Waals surface area contributed by atoms with Gasteiger partial charge in [-0.2, -0.15) is 0 Å². The number of nitrogens with one attached hydrogen (secondary N) is 2. The van der Waals surface area contributed by atoms with Gasteiger partial charge in [-0.05, 0) is 43.0 Å². The van der Waals surface area contributed by atoms with Gasteiger partial charge >= 0.3 is 0 Å². The molecule has 4 heteroatoms. The molecule has 1 amide bonds. The average molecular weight is 281 g/mol. The van der Waals surface area contributed by atoms with E-state index in [0.29, 0.717) is 5.56 Å². The average Bonchev–Trinajstić information content (AvgIpc) is 2.90. The van der Waals surface area contributed by atoms with Crippen LogP contribution in [0.5, 0.6) is 0 Å². The second-order valence-corrected chi connectivity index (χ2v) is 5.31. The minimum absolute atomic E-state index is 0.0524. The summed E-state index contributed by atoms with van der Waals surface area (Å²) in [6.07, 6.45) is 3.44. The first-order chi connectivity index (χ1) is 10.3. The van der Waals surface area contributed by atoms with Crippen molar-refractivity contribution in [2.24, 2.45) is 0 Å². The molecular formula is C17H19N3O. The van der Waals surface area contributed by atoms with Crippen molar-refractivity contribution in [3.8, 4) is 0 Å². The van der Waals surface area contributed by atoms with Crippen LogP contribution in [0.25, 0.3) is 0 Å². The smallest absolute Gasteiger partial charge is 0.253 e. The SMILES string of the molecule is CCNc1ccc(C(=O)NC2Cc3ccccc3C2)cn1. The molecule has 2 aromatic rings. The summed E-state index contributed by atoms with van der Waals surface area (Å²) in [5.74, 6) is 0.741. The van der Waals surface area contributed by atoms with E-state index < -0.39 is 0 Å². The highest BCUT2D eigenvalue weighted by molar-refractivity contribution is 5.94. The van der Waals surface area contributed by atoms with Crippen LogP contribution in [-0.2, 0) is 12.8 Å². The van der Waals surface area contributed by atoms with E-state index in [2.05, 4.69) is 27.8 Å². The Kier molecular flexibility index (Phi) is 3.86. The number of rotatable bonds is 4. The van der Waals surface area contributed by atoms with E-state index in [9.17, 15) is 4.79 Å². The highest BCUT2D eigenvalue weighted by Crippen LogP contribution is 2.21. The maximum Gasteiger partial charge on any atom is 0.253 e. The zero-order chi connectivity index (χ0) is 14.7. The summed E-state index contributed by atoms with van der Waals surface area (Å²) in [4.78, 5) is 16.5. The molecule has 1 heterocycles. The molecule has 0 atom stereocenters. The third kappa shape index (κ3) is 3.05. The molecule has 0 aliphatic heterocycles. The lowest BCUT2D eigenvalue weighted by Crippen LogP contribution is -2.35. The largest absolute Gasteiger partial charge is 0.370 e. The van der Waals surface area contributed by atoms with Gasteiger partial charge in [0.2, 0.25) is 0 Å². The molecule has 1 aliphatic carbocycles. The van der Waals surface area contributed by atoms with Crippen LogP contribution >= 0.6 is 0 Å². The maximum absolute atomic E-state index is 12.2. The molecule has 0 bridgehead atoms. The molecule has 1 aromatic carbocycles. The van der Waals surface area contributed by atoms with Gasteiger partial charge in [-0.15, -0.1) is 0 Å². The van der Waals surface area contributed by atoms with Crippen molar-refractivity contribution in [1.29, 1.82) is 0 Å². The van der Waals surface area contributed by atoms with Crippen LogP contribution in [0.4, 0.5) is 5.82 Å². The quantitative estimate of drug-likeness (QED) is 0.905. The molecule has 0 unspecified atom stereocenters. The van der Waals surface area contributed by atoms with Gasteiger partial charge in [0.05, 0.1) is 5.56 Å². The van der Waals surface area contributed by atoms with Gasteiger partial charge in [0.15, 0.2) is 0 Å². The number of pyridine rings is 1. The van der Waals surface area contributed by atoms with Gasteiger partial charge in [-0.3, -0.25) is 4.79 Å². The van der Waals surface area contributed by atoms with Gasteiger partial charge in [0, 0.05) is 18.8 Å². The first-order valence-electron chi connectivity index (χ1n) is 7.34. The monoisotopic (exact) mass is 281 g/mol. The molecule has 0 spiro atoms. The van der Waals surface area contributed by atoms with Gasteiger partial charge < -0.3 is 10.6 Å². The number of amides is 1. The van der Waals surface area contributed by atoms with E-state index in [4.69, 9.17) is 0 Å². The Morgan fingerprint density at radius 1 is 1.19 bits per heavy atom. The highest BCUT2D eigenvalue weighted by atomic mass is 16.1. The van der Waals surface area contributed by atoms with E-state index >= 15 is 0 Å². The molecule has 2 N–H and O–H groups in total. The van der Waals surface area contributed by atoms with Crippen LogP contribution in [0.2, 0.25) is 0 Å². The third-order valence-corrected chi connectivity index (χ3v) is 3.77. The van der Waals surface area contributed by atoms with Gasteiger partial charge in [0.1, 0.15) is 5.82 Å². The molecule has 0 saturated carbocycles. The summed E-state index contributed by atoms with van der Waals surface area (Å²) >= 11 is 0. The van der Waals surface area contributed by atoms with Crippen LogP contribution < -0.4 is 10.6 Å². The number of aromatic nitrogens is 1. The topological polar surface area (TPSA) is 54.0 Å². The summed E-state index contributed by atoms with van der Waals surface area (Å²) < 4.78 is 0. The Labute approximate surface area is 124 Å². The number of fused-ring (bicyclic) bond motifs is 1. The van der Waals surface area contributed by atoms with E-state index in [0.717, 1.165) is 25.2 Å². The Balaban J connectivity index is 1.62. The lowest BCUT2D eigenvalue weighted by Gasteiger charge is -2.12. The fourth-order valence-corrected chi connectivity index (χ4v) is 2.74. The summed E-state index contributed by atoms with van der Waals surface area (Å²) in [5.41, 5.74) is 3.28. The molecule has 21 heavy (non-hydrogen) atoms. The molecule has 108 valence electrons. The van der Waals surface area contributed by atoms with Gasteiger partial charge in [0.25, 0.3) is 5.91 Å². The van der Waals surface area contributed by atoms with Crippen molar-refractivity contribution < 1.29 is 4.79 Å². The number of anilines is 1. The number of carbonyl (C=O) groups excluding carboxylic acids is 1. The molecule has 4 nitrogen and oxygen atoms in total. The van der Waals surface area contributed by atoms with Crippen LogP contribution in [0.15, 0.2) is 42.6 Å². The normalized spacial score (nSPS) is 13.8. The Morgan fingerprint density at radius 3 is 2.48 bits per heavy atom. The standard InChI is InChI=1S/C17H19N3O/c1-2-18-16-8-7-14(11-19-16)17(21)20-15-9-12-5-3-4-6-13(12)10-15/h3-8,11,15H,2,9-10H2,1H3,(H,18,19)(H,20,21). The Morgan fingerprint density at radius 2 is 1.90 bits per heavy atom. The molecule has 3 rings (SSSR count). The fourth-order valence-electron chi connectivity index (χ4n) is 2.74. The minimum atomic E-state index is -0.0524. The predicted molar refractivity (Wildman–Crippen MR) is 83.5 cm³/mol. The van der Waals surface area contributed by atoms with Crippen LogP contribution in [0, 0.1) is 0 Å². The summed E-state index contributed by atoms with van der Waals surface area (Å²) in [7, 11) is 0. The highest BCUT2D eigenvalue weighted by Gasteiger charge is 2.22. The second-order valence-electron chi connectivity index (χ2n) is 5.31. The van der Waals surface area contributed by atoms with E-state index in [-0.39, 0.29) is 11.9 Å². The van der Waals surface area contributed by atoms with Crippen LogP contribution in [0.3, 0.4) is 0 Å². The van der Waals surface area contributed by atoms with Crippen LogP contribution in [-0.4, -0.2) is 23.5 Å². The van der Waals surface area contributed by atoms with Crippen molar-refractivity contribution in [3.05, 3.63) is 59.3 Å². The number of nitrogens with zero attached hydrogens (tertiary/aromatic N) is 1. The van der Waals surface area contributed by atoms with Gasteiger partial charge in [-0.25, -0.2) is 4.98 Å². The molecule has 1 aliphatic rings. The second kappa shape index (κ2) is 5.95. The van der Waals surface area contributed by atoms with Crippen LogP contribution in [0.1, 0.15) is 28.4 Å². The number of carbonyl (C=O) groups is 1. The van der Waals surface area contributed by atoms with Gasteiger partial charge in [-0.1, -0.05) is 24.3 Å². The Bertz CT molecular complexity index is 612. The third-order valence-electron chi connectivity index (χ3n) is 3.77. The molecule has 0 radical (unpaired) electrons. The van der Waals surface area contributed by atoms with Crippen molar-refractivity contribution in [1.82, 2.24) is 10.3 Å². The fraction of sp³-hybridized carbons (Fsp3) is 0.294. The summed E-state index contributed by atoms with van der Waals surface area (Å²) in [6, 6.07) is 12.2. The first-order valence-corrected chi connectivity index (χ1v) is 7.34.